The molecule has 1 saturated heterocycles. The molecule has 0 bridgehead atoms. The van der Waals surface area contributed by atoms with E-state index in [1.165, 1.54) is 12.8 Å². The molecule has 1 aliphatic heterocycles. The van der Waals surface area contributed by atoms with Gasteiger partial charge in [-0.15, -0.1) is 0 Å². The van der Waals surface area contributed by atoms with Crippen LogP contribution in [-0.2, 0) is 0 Å². The molecule has 0 spiro atoms. The van der Waals surface area contributed by atoms with Gasteiger partial charge in [0.15, 0.2) is 0 Å². The van der Waals surface area contributed by atoms with Gasteiger partial charge in [-0.2, -0.15) is 0 Å². The molecule has 0 amide bonds. The number of piperidine rings is 1. The number of likely N-dealkylation sites (tertiary alicyclic amines) is 1. The van der Waals surface area contributed by atoms with Gasteiger partial charge in [-0.25, -0.2) is 4.79 Å². The average Bonchev–Trinajstić information content (AvgIpc) is 2.35. The van der Waals surface area contributed by atoms with E-state index < -0.39 is 5.97 Å². The molecule has 2 rings (SSSR count). The second kappa shape index (κ2) is 6.22. The number of carbonyl (C=O) groups is 1. The highest BCUT2D eigenvalue weighted by molar-refractivity contribution is 5.95. The molecule has 1 aromatic heterocycles. The molecule has 110 valence electrons. The lowest BCUT2D eigenvalue weighted by atomic mass is 9.98. The molecule has 5 heteroatoms. The standard InChI is InChI=1S/C15H23N3O2/c1-10-7-13(14(15(19)20)11(2)17-10)16-8-12-5-4-6-18(3)9-12/h7,12H,4-6,8-9H2,1-3H3,(H,16,17)(H,19,20). The largest absolute Gasteiger partial charge is 0.478 e. The minimum Gasteiger partial charge on any atom is -0.478 e. The Morgan fingerprint density at radius 1 is 1.55 bits per heavy atom. The second-order valence-corrected chi connectivity index (χ2v) is 5.73. The first kappa shape index (κ1) is 14.8. The van der Waals surface area contributed by atoms with E-state index >= 15 is 0 Å². The highest BCUT2D eigenvalue weighted by Gasteiger charge is 2.19. The first-order chi connectivity index (χ1) is 9.47. The van der Waals surface area contributed by atoms with Gasteiger partial charge >= 0.3 is 5.97 Å². The highest BCUT2D eigenvalue weighted by Crippen LogP contribution is 2.22. The quantitative estimate of drug-likeness (QED) is 0.883. The topological polar surface area (TPSA) is 65.5 Å². The molecule has 0 radical (unpaired) electrons. The normalized spacial score (nSPS) is 19.9. The molecule has 0 aromatic carbocycles. The number of hydrogen-bond donors (Lipinski definition) is 2. The first-order valence-corrected chi connectivity index (χ1v) is 7.11. The molecule has 1 aliphatic rings. The smallest absolute Gasteiger partial charge is 0.339 e. The van der Waals surface area contributed by atoms with Gasteiger partial charge in [0.25, 0.3) is 0 Å². The Labute approximate surface area is 120 Å². The van der Waals surface area contributed by atoms with Crippen molar-refractivity contribution < 1.29 is 9.90 Å². The molecule has 0 saturated carbocycles. The van der Waals surface area contributed by atoms with Gasteiger partial charge in [0.1, 0.15) is 5.56 Å². The van der Waals surface area contributed by atoms with E-state index in [0.29, 0.717) is 22.9 Å². The summed E-state index contributed by atoms with van der Waals surface area (Å²) < 4.78 is 0. The van der Waals surface area contributed by atoms with Gasteiger partial charge in [0.05, 0.1) is 11.4 Å². The Balaban J connectivity index is 2.10. The molecule has 1 aromatic rings. The molecule has 0 aliphatic carbocycles. The van der Waals surface area contributed by atoms with E-state index in [1.807, 2.05) is 13.0 Å². The van der Waals surface area contributed by atoms with Crippen LogP contribution in [-0.4, -0.2) is 47.6 Å². The maximum Gasteiger partial charge on any atom is 0.339 e. The lowest BCUT2D eigenvalue weighted by Crippen LogP contribution is -2.35. The van der Waals surface area contributed by atoms with E-state index in [4.69, 9.17) is 0 Å². The van der Waals surface area contributed by atoms with Crippen LogP contribution in [0.1, 0.15) is 34.6 Å². The number of rotatable bonds is 4. The van der Waals surface area contributed by atoms with Crippen LogP contribution >= 0.6 is 0 Å². The number of nitrogens with zero attached hydrogens (tertiary/aromatic N) is 2. The Hall–Kier alpha value is -1.62. The summed E-state index contributed by atoms with van der Waals surface area (Å²) in [5.74, 6) is -0.345. The zero-order valence-corrected chi connectivity index (χ0v) is 12.4. The molecule has 1 unspecified atom stereocenters. The van der Waals surface area contributed by atoms with Gasteiger partial charge in [0.2, 0.25) is 0 Å². The summed E-state index contributed by atoms with van der Waals surface area (Å²) in [5, 5.41) is 12.6. The van der Waals surface area contributed by atoms with Gasteiger partial charge in [-0.05, 0) is 52.3 Å². The Morgan fingerprint density at radius 3 is 2.95 bits per heavy atom. The van der Waals surface area contributed by atoms with E-state index in [9.17, 15) is 9.90 Å². The number of carboxylic acids is 1. The highest BCUT2D eigenvalue weighted by atomic mass is 16.4. The van der Waals surface area contributed by atoms with Crippen LogP contribution in [0.2, 0.25) is 0 Å². The molecule has 1 atom stereocenters. The first-order valence-electron chi connectivity index (χ1n) is 7.11. The van der Waals surface area contributed by atoms with Crippen molar-refractivity contribution in [2.45, 2.75) is 26.7 Å². The van der Waals surface area contributed by atoms with Gasteiger partial charge < -0.3 is 15.3 Å². The van der Waals surface area contributed by atoms with Gasteiger partial charge in [-0.3, -0.25) is 4.98 Å². The summed E-state index contributed by atoms with van der Waals surface area (Å²) in [6, 6.07) is 1.82. The fourth-order valence-electron chi connectivity index (χ4n) is 2.93. The van der Waals surface area contributed by atoms with Crippen molar-refractivity contribution in [2.75, 3.05) is 32.0 Å². The van der Waals surface area contributed by atoms with Crippen LogP contribution in [0.25, 0.3) is 0 Å². The van der Waals surface area contributed by atoms with Crippen molar-refractivity contribution >= 4 is 11.7 Å². The Morgan fingerprint density at radius 2 is 2.30 bits per heavy atom. The van der Waals surface area contributed by atoms with Crippen molar-refractivity contribution in [1.82, 2.24) is 9.88 Å². The van der Waals surface area contributed by atoms with Crippen LogP contribution < -0.4 is 5.32 Å². The van der Waals surface area contributed by atoms with Crippen LogP contribution in [0.4, 0.5) is 5.69 Å². The van der Waals surface area contributed by atoms with E-state index in [1.54, 1.807) is 6.92 Å². The fraction of sp³-hybridized carbons (Fsp3) is 0.600. The maximum absolute atomic E-state index is 11.4. The number of anilines is 1. The zero-order valence-electron chi connectivity index (χ0n) is 12.4. The number of pyridine rings is 1. The van der Waals surface area contributed by atoms with Crippen molar-refractivity contribution in [1.29, 1.82) is 0 Å². The molecule has 1 fully saturated rings. The molecule has 5 nitrogen and oxygen atoms in total. The van der Waals surface area contributed by atoms with E-state index in [-0.39, 0.29) is 0 Å². The van der Waals surface area contributed by atoms with Crippen LogP contribution in [0, 0.1) is 19.8 Å². The predicted molar refractivity (Wildman–Crippen MR) is 79.4 cm³/mol. The zero-order chi connectivity index (χ0) is 14.7. The number of carboxylic acid groups (broad SMARTS) is 1. The average molecular weight is 277 g/mol. The molecule has 2 heterocycles. The SMILES string of the molecule is Cc1cc(NCC2CCCN(C)C2)c(C(=O)O)c(C)n1. The number of aryl methyl sites for hydroxylation is 2. The van der Waals surface area contributed by atoms with Gasteiger partial charge in [-0.1, -0.05) is 0 Å². The summed E-state index contributed by atoms with van der Waals surface area (Å²) in [6.45, 7) is 6.67. The number of aromatic nitrogens is 1. The third-order valence-electron chi connectivity index (χ3n) is 3.85. The summed E-state index contributed by atoms with van der Waals surface area (Å²) in [4.78, 5) is 17.9. The third kappa shape index (κ3) is 3.48. The summed E-state index contributed by atoms with van der Waals surface area (Å²) in [5.41, 5.74) is 2.40. The summed E-state index contributed by atoms with van der Waals surface area (Å²) in [7, 11) is 2.13. The minimum absolute atomic E-state index is 0.291. The molecule has 20 heavy (non-hydrogen) atoms. The Bertz CT molecular complexity index is 502. The number of nitrogens with one attached hydrogen (secondary N) is 1. The fourth-order valence-corrected chi connectivity index (χ4v) is 2.93. The molecular formula is C15H23N3O2. The van der Waals surface area contributed by atoms with Gasteiger partial charge in [0, 0.05) is 18.8 Å². The van der Waals surface area contributed by atoms with E-state index in [2.05, 4.69) is 22.2 Å². The Kier molecular flexibility index (Phi) is 4.60. The predicted octanol–water partition coefficient (Wildman–Crippen LogP) is 2.15. The van der Waals surface area contributed by atoms with Crippen molar-refractivity contribution in [2.24, 2.45) is 5.92 Å². The molecular weight excluding hydrogens is 254 g/mol. The van der Waals surface area contributed by atoms with Crippen LogP contribution in [0.5, 0.6) is 0 Å². The second-order valence-electron chi connectivity index (χ2n) is 5.73. The lowest BCUT2D eigenvalue weighted by Gasteiger charge is -2.30. The van der Waals surface area contributed by atoms with Crippen molar-refractivity contribution in [3.63, 3.8) is 0 Å². The maximum atomic E-state index is 11.4. The van der Waals surface area contributed by atoms with E-state index in [0.717, 1.165) is 25.3 Å². The summed E-state index contributed by atoms with van der Waals surface area (Å²) >= 11 is 0. The molecule has 2 N–H and O–H groups in total. The summed E-state index contributed by atoms with van der Waals surface area (Å²) in [6.07, 6.45) is 2.41. The van der Waals surface area contributed by atoms with Crippen LogP contribution in [0.15, 0.2) is 6.07 Å². The van der Waals surface area contributed by atoms with Crippen molar-refractivity contribution in [3.8, 4) is 0 Å². The monoisotopic (exact) mass is 277 g/mol. The van der Waals surface area contributed by atoms with Crippen LogP contribution in [0.3, 0.4) is 0 Å². The number of aromatic carboxylic acids is 1. The minimum atomic E-state index is -0.918. The lowest BCUT2D eigenvalue weighted by molar-refractivity contribution is 0.0696. The van der Waals surface area contributed by atoms with Crippen molar-refractivity contribution in [3.05, 3.63) is 23.0 Å². The third-order valence-corrected chi connectivity index (χ3v) is 3.85. The number of hydrogen-bond acceptors (Lipinski definition) is 4.